The normalized spacial score (nSPS) is 12.6. The second-order valence-corrected chi connectivity index (χ2v) is 3.42. The van der Waals surface area contributed by atoms with Gasteiger partial charge in [0.15, 0.2) is 0 Å². The molecule has 0 aliphatic carbocycles. The number of rotatable bonds is 2. The number of benzene rings is 1. The van der Waals surface area contributed by atoms with Crippen LogP contribution in [0.2, 0.25) is 10.0 Å². The standard InChI is InChI=1S/C8H7Cl2NS/c9-6-2-1-5(3-7(6)10)8(11)4-12/h1-4,8H,11H2. The maximum Gasteiger partial charge on any atom is 0.0595 e. The molecular weight excluding hydrogens is 213 g/mol. The molecule has 1 nitrogen and oxygen atoms in total. The third-order valence-electron chi connectivity index (χ3n) is 1.48. The third kappa shape index (κ3) is 2.17. The molecular formula is C8H7Cl2NS. The van der Waals surface area contributed by atoms with E-state index in [0.717, 1.165) is 5.56 Å². The van der Waals surface area contributed by atoms with Crippen LogP contribution in [0, 0.1) is 0 Å². The van der Waals surface area contributed by atoms with Crippen molar-refractivity contribution in [3.8, 4) is 0 Å². The predicted molar refractivity (Wildman–Crippen MR) is 57.0 cm³/mol. The first kappa shape index (κ1) is 9.93. The van der Waals surface area contributed by atoms with Gasteiger partial charge in [0, 0.05) is 5.37 Å². The fourth-order valence-corrected chi connectivity index (χ4v) is 1.26. The van der Waals surface area contributed by atoms with E-state index in [1.165, 1.54) is 5.37 Å². The zero-order chi connectivity index (χ0) is 9.14. The van der Waals surface area contributed by atoms with Gasteiger partial charge in [0.2, 0.25) is 0 Å². The molecule has 1 atom stereocenters. The fourth-order valence-electron chi connectivity index (χ4n) is 0.798. The lowest BCUT2D eigenvalue weighted by Crippen LogP contribution is -2.09. The molecule has 0 aromatic heterocycles. The smallest absolute Gasteiger partial charge is 0.0595 e. The summed E-state index contributed by atoms with van der Waals surface area (Å²) in [5.74, 6) is 0. The molecule has 0 saturated heterocycles. The van der Waals surface area contributed by atoms with Gasteiger partial charge >= 0.3 is 0 Å². The quantitative estimate of drug-likeness (QED) is 0.775. The van der Waals surface area contributed by atoms with Crippen LogP contribution in [-0.4, -0.2) is 5.37 Å². The van der Waals surface area contributed by atoms with E-state index in [-0.39, 0.29) is 6.04 Å². The predicted octanol–water partition coefficient (Wildman–Crippen LogP) is 2.99. The molecule has 1 rings (SSSR count). The first-order valence-corrected chi connectivity index (χ1v) is 4.53. The van der Waals surface area contributed by atoms with Crippen LogP contribution in [0.5, 0.6) is 0 Å². The highest BCUT2D eigenvalue weighted by Gasteiger charge is 2.04. The van der Waals surface area contributed by atoms with Crippen LogP contribution in [0.25, 0.3) is 0 Å². The summed E-state index contributed by atoms with van der Waals surface area (Å²) >= 11 is 16.2. The number of hydrogen-bond donors (Lipinski definition) is 1. The summed E-state index contributed by atoms with van der Waals surface area (Å²) in [7, 11) is 0. The van der Waals surface area contributed by atoms with Crippen molar-refractivity contribution in [2.75, 3.05) is 0 Å². The Labute approximate surface area is 86.5 Å². The van der Waals surface area contributed by atoms with Gasteiger partial charge in [-0.1, -0.05) is 41.5 Å². The van der Waals surface area contributed by atoms with Gasteiger partial charge in [-0.2, -0.15) is 0 Å². The van der Waals surface area contributed by atoms with Crippen molar-refractivity contribution in [2.45, 2.75) is 6.04 Å². The summed E-state index contributed by atoms with van der Waals surface area (Å²) in [5, 5.41) is 2.51. The zero-order valence-electron chi connectivity index (χ0n) is 6.13. The van der Waals surface area contributed by atoms with Crippen molar-refractivity contribution < 1.29 is 0 Å². The molecule has 0 spiro atoms. The summed E-state index contributed by atoms with van der Waals surface area (Å²) in [6, 6.07) is 4.98. The maximum absolute atomic E-state index is 5.78. The van der Waals surface area contributed by atoms with Gasteiger partial charge in [0.05, 0.1) is 16.1 Å². The monoisotopic (exact) mass is 219 g/mol. The number of nitrogens with two attached hydrogens (primary N) is 1. The Morgan fingerprint density at radius 1 is 1.33 bits per heavy atom. The van der Waals surface area contributed by atoms with Gasteiger partial charge < -0.3 is 5.73 Å². The fraction of sp³-hybridized carbons (Fsp3) is 0.125. The average molecular weight is 220 g/mol. The van der Waals surface area contributed by atoms with Gasteiger partial charge in [-0.05, 0) is 17.7 Å². The van der Waals surface area contributed by atoms with E-state index in [2.05, 4.69) is 0 Å². The van der Waals surface area contributed by atoms with Crippen LogP contribution in [0.15, 0.2) is 18.2 Å². The highest BCUT2D eigenvalue weighted by atomic mass is 35.5. The van der Waals surface area contributed by atoms with Crippen LogP contribution >= 0.6 is 35.4 Å². The van der Waals surface area contributed by atoms with Crippen molar-refractivity contribution >= 4 is 40.8 Å². The SMILES string of the molecule is NC(C=S)c1ccc(Cl)c(Cl)c1. The molecule has 0 fully saturated rings. The summed E-state index contributed by atoms with van der Waals surface area (Å²) < 4.78 is 0. The van der Waals surface area contributed by atoms with Crippen molar-refractivity contribution in [1.29, 1.82) is 0 Å². The van der Waals surface area contributed by atoms with Gasteiger partial charge in [0.25, 0.3) is 0 Å². The molecule has 0 radical (unpaired) electrons. The van der Waals surface area contributed by atoms with Gasteiger partial charge in [-0.25, -0.2) is 0 Å². The molecule has 0 aliphatic heterocycles. The van der Waals surface area contributed by atoms with Crippen molar-refractivity contribution in [3.05, 3.63) is 33.8 Å². The van der Waals surface area contributed by atoms with Crippen LogP contribution in [0.4, 0.5) is 0 Å². The summed E-state index contributed by atoms with van der Waals surface area (Å²) in [5.41, 5.74) is 6.53. The van der Waals surface area contributed by atoms with Gasteiger partial charge in [-0.15, -0.1) is 0 Å². The Balaban J connectivity index is 3.04. The highest BCUT2D eigenvalue weighted by molar-refractivity contribution is 7.79. The molecule has 0 heterocycles. The molecule has 2 N–H and O–H groups in total. The largest absolute Gasteiger partial charge is 0.320 e. The molecule has 0 bridgehead atoms. The molecule has 12 heavy (non-hydrogen) atoms. The Bertz CT molecular complexity index is 301. The lowest BCUT2D eigenvalue weighted by atomic mass is 10.1. The Hall–Kier alpha value is -0.150. The Morgan fingerprint density at radius 3 is 2.50 bits per heavy atom. The van der Waals surface area contributed by atoms with Crippen LogP contribution in [0.1, 0.15) is 11.6 Å². The summed E-state index contributed by atoms with van der Waals surface area (Å²) in [4.78, 5) is 0. The van der Waals surface area contributed by atoms with E-state index in [4.69, 9.17) is 41.2 Å². The van der Waals surface area contributed by atoms with Crippen LogP contribution in [-0.2, 0) is 0 Å². The summed E-state index contributed by atoms with van der Waals surface area (Å²) in [6.07, 6.45) is 0. The molecule has 1 unspecified atom stereocenters. The first-order valence-electron chi connectivity index (χ1n) is 3.31. The van der Waals surface area contributed by atoms with Crippen molar-refractivity contribution in [3.63, 3.8) is 0 Å². The summed E-state index contributed by atoms with van der Waals surface area (Å²) in [6.45, 7) is 0. The Morgan fingerprint density at radius 2 is 2.00 bits per heavy atom. The molecule has 1 aromatic rings. The second-order valence-electron chi connectivity index (χ2n) is 2.34. The molecule has 0 aliphatic rings. The minimum Gasteiger partial charge on any atom is -0.320 e. The van der Waals surface area contributed by atoms with E-state index in [0.29, 0.717) is 10.0 Å². The molecule has 64 valence electrons. The van der Waals surface area contributed by atoms with Crippen molar-refractivity contribution in [1.82, 2.24) is 0 Å². The number of thiocarbonyl (C=S) groups is 1. The maximum atomic E-state index is 5.78. The van der Waals surface area contributed by atoms with Gasteiger partial charge in [0.1, 0.15) is 0 Å². The van der Waals surface area contributed by atoms with E-state index in [9.17, 15) is 0 Å². The van der Waals surface area contributed by atoms with Gasteiger partial charge in [-0.3, -0.25) is 0 Å². The lowest BCUT2D eigenvalue weighted by Gasteiger charge is -2.06. The van der Waals surface area contributed by atoms with Crippen LogP contribution < -0.4 is 5.73 Å². The third-order valence-corrected chi connectivity index (χ3v) is 2.51. The van der Waals surface area contributed by atoms with Crippen LogP contribution in [0.3, 0.4) is 0 Å². The first-order chi connectivity index (χ1) is 5.65. The Kier molecular flexibility index (Phi) is 3.47. The number of halogens is 2. The minimum atomic E-state index is -0.255. The molecule has 1 aromatic carbocycles. The van der Waals surface area contributed by atoms with E-state index in [1.807, 2.05) is 6.07 Å². The second kappa shape index (κ2) is 4.19. The topological polar surface area (TPSA) is 26.0 Å². The molecule has 0 amide bonds. The van der Waals surface area contributed by atoms with E-state index < -0.39 is 0 Å². The van der Waals surface area contributed by atoms with Crippen molar-refractivity contribution in [2.24, 2.45) is 5.73 Å². The van der Waals surface area contributed by atoms with E-state index >= 15 is 0 Å². The minimum absolute atomic E-state index is 0.255. The highest BCUT2D eigenvalue weighted by Crippen LogP contribution is 2.24. The number of hydrogen-bond acceptors (Lipinski definition) is 2. The average Bonchev–Trinajstić information content (AvgIpc) is 2.08. The lowest BCUT2D eigenvalue weighted by molar-refractivity contribution is 0.996. The molecule has 0 saturated carbocycles. The van der Waals surface area contributed by atoms with E-state index in [1.54, 1.807) is 12.1 Å². The zero-order valence-corrected chi connectivity index (χ0v) is 8.46. The molecule has 4 heteroatoms.